The summed E-state index contributed by atoms with van der Waals surface area (Å²) in [6.07, 6.45) is 4.36. The molecule has 1 aliphatic heterocycles. The van der Waals surface area contributed by atoms with Crippen molar-refractivity contribution in [2.75, 3.05) is 13.1 Å². The monoisotopic (exact) mass is 398 g/mol. The molecule has 5 nitrogen and oxygen atoms in total. The van der Waals surface area contributed by atoms with E-state index in [2.05, 4.69) is 41.0 Å². The minimum Gasteiger partial charge on any atom is -0.348 e. The van der Waals surface area contributed by atoms with Gasteiger partial charge in [-0.1, -0.05) is 39.8 Å². The highest BCUT2D eigenvalue weighted by Gasteiger charge is 2.25. The van der Waals surface area contributed by atoms with E-state index >= 15 is 0 Å². The largest absolute Gasteiger partial charge is 0.348 e. The molecular formula is C23H31FN4O. The van der Waals surface area contributed by atoms with Crippen LogP contribution < -0.4 is 5.32 Å². The van der Waals surface area contributed by atoms with Gasteiger partial charge in [0.1, 0.15) is 11.6 Å². The minimum atomic E-state index is -0.269. The van der Waals surface area contributed by atoms with Crippen molar-refractivity contribution in [1.82, 2.24) is 20.2 Å². The van der Waals surface area contributed by atoms with Crippen LogP contribution in [0.5, 0.6) is 0 Å². The Balaban J connectivity index is 1.66. The van der Waals surface area contributed by atoms with E-state index < -0.39 is 0 Å². The van der Waals surface area contributed by atoms with Gasteiger partial charge in [0.25, 0.3) is 0 Å². The van der Waals surface area contributed by atoms with Crippen LogP contribution in [0.4, 0.5) is 4.39 Å². The number of halogens is 1. The van der Waals surface area contributed by atoms with Crippen molar-refractivity contribution in [3.8, 4) is 0 Å². The fourth-order valence-corrected chi connectivity index (χ4v) is 3.71. The van der Waals surface area contributed by atoms with Gasteiger partial charge in [0, 0.05) is 25.7 Å². The Morgan fingerprint density at radius 1 is 1.28 bits per heavy atom. The predicted octanol–water partition coefficient (Wildman–Crippen LogP) is 3.83. The lowest BCUT2D eigenvalue weighted by Gasteiger charge is -2.30. The zero-order valence-corrected chi connectivity index (χ0v) is 17.8. The second kappa shape index (κ2) is 8.99. The Kier molecular flexibility index (Phi) is 6.63. The molecule has 0 aliphatic carbocycles. The van der Waals surface area contributed by atoms with Gasteiger partial charge in [-0.2, -0.15) is 0 Å². The van der Waals surface area contributed by atoms with Crippen molar-refractivity contribution in [3.05, 3.63) is 58.9 Å². The van der Waals surface area contributed by atoms with Crippen LogP contribution in [-0.4, -0.2) is 33.9 Å². The SMILES string of the molecule is CCc1ncc2c(n1)CN(CC(=O)NC(CC(C)(C)C)c1ccc(F)cc1)CC2. The second-order valence-corrected chi connectivity index (χ2v) is 9.01. The third-order valence-corrected chi connectivity index (χ3v) is 5.18. The molecule has 3 rings (SSSR count). The number of benzene rings is 1. The van der Waals surface area contributed by atoms with E-state index in [4.69, 9.17) is 0 Å². The fourth-order valence-electron chi connectivity index (χ4n) is 3.71. The molecule has 1 amide bonds. The molecule has 6 heteroatoms. The number of rotatable bonds is 6. The Morgan fingerprint density at radius 2 is 2.00 bits per heavy atom. The third kappa shape index (κ3) is 6.07. The Morgan fingerprint density at radius 3 is 2.66 bits per heavy atom. The fraction of sp³-hybridized carbons (Fsp3) is 0.522. The zero-order chi connectivity index (χ0) is 21.0. The van der Waals surface area contributed by atoms with Gasteiger partial charge in [-0.25, -0.2) is 14.4 Å². The first-order valence-electron chi connectivity index (χ1n) is 10.3. The maximum absolute atomic E-state index is 13.3. The van der Waals surface area contributed by atoms with Gasteiger partial charge in [-0.05, 0) is 41.5 Å². The van der Waals surface area contributed by atoms with Crippen molar-refractivity contribution in [3.63, 3.8) is 0 Å². The van der Waals surface area contributed by atoms with E-state index in [1.54, 1.807) is 12.1 Å². The molecule has 0 fully saturated rings. The van der Waals surface area contributed by atoms with Gasteiger partial charge in [-0.15, -0.1) is 0 Å². The first-order valence-corrected chi connectivity index (χ1v) is 10.3. The van der Waals surface area contributed by atoms with Gasteiger partial charge < -0.3 is 5.32 Å². The topological polar surface area (TPSA) is 58.1 Å². The predicted molar refractivity (Wildman–Crippen MR) is 112 cm³/mol. The summed E-state index contributed by atoms with van der Waals surface area (Å²) in [4.78, 5) is 24.0. The number of hydrogen-bond acceptors (Lipinski definition) is 4. The van der Waals surface area contributed by atoms with E-state index in [-0.39, 0.29) is 23.2 Å². The highest BCUT2D eigenvalue weighted by molar-refractivity contribution is 5.78. The lowest BCUT2D eigenvalue weighted by atomic mass is 9.85. The lowest BCUT2D eigenvalue weighted by molar-refractivity contribution is -0.123. The summed E-state index contributed by atoms with van der Waals surface area (Å²) in [5.74, 6) is 0.559. The molecule has 1 unspecified atom stereocenters. The summed E-state index contributed by atoms with van der Waals surface area (Å²) in [6, 6.07) is 6.26. The molecule has 1 aliphatic rings. The number of carbonyl (C=O) groups excluding carboxylic acids is 1. The average Bonchev–Trinajstić information content (AvgIpc) is 2.66. The van der Waals surface area contributed by atoms with Crippen molar-refractivity contribution in [2.45, 2.75) is 59.5 Å². The van der Waals surface area contributed by atoms with Crippen LogP contribution in [0.1, 0.15) is 62.8 Å². The van der Waals surface area contributed by atoms with Crippen LogP contribution in [0.25, 0.3) is 0 Å². The second-order valence-electron chi connectivity index (χ2n) is 9.01. The minimum absolute atomic E-state index is 0.0169. The summed E-state index contributed by atoms with van der Waals surface area (Å²) in [5, 5.41) is 3.17. The molecule has 0 radical (unpaired) electrons. The average molecular weight is 399 g/mol. The van der Waals surface area contributed by atoms with Gasteiger partial charge in [0.05, 0.1) is 18.3 Å². The van der Waals surface area contributed by atoms with Gasteiger partial charge in [0.2, 0.25) is 5.91 Å². The molecule has 2 heterocycles. The van der Waals surface area contributed by atoms with Crippen LogP contribution in [0.3, 0.4) is 0 Å². The van der Waals surface area contributed by atoms with Crippen molar-refractivity contribution >= 4 is 5.91 Å². The van der Waals surface area contributed by atoms with Gasteiger partial charge in [0.15, 0.2) is 0 Å². The third-order valence-electron chi connectivity index (χ3n) is 5.18. The standard InChI is InChI=1S/C23H31FN4O/c1-5-21-25-13-17-10-11-28(14-20(17)26-21)15-22(29)27-19(12-23(2,3)4)16-6-8-18(24)9-7-16/h6-9,13,19H,5,10-12,14-15H2,1-4H3,(H,27,29). The van der Waals surface area contributed by atoms with Crippen LogP contribution in [-0.2, 0) is 24.2 Å². The number of fused-ring (bicyclic) bond motifs is 1. The summed E-state index contributed by atoms with van der Waals surface area (Å²) in [7, 11) is 0. The van der Waals surface area contributed by atoms with E-state index in [1.165, 1.54) is 17.7 Å². The molecule has 29 heavy (non-hydrogen) atoms. The molecule has 0 spiro atoms. The normalized spacial score (nSPS) is 15.6. The summed E-state index contributed by atoms with van der Waals surface area (Å²) in [5.41, 5.74) is 3.17. The zero-order valence-electron chi connectivity index (χ0n) is 17.8. The van der Waals surface area contributed by atoms with E-state index in [9.17, 15) is 9.18 Å². The van der Waals surface area contributed by atoms with Crippen molar-refractivity contribution < 1.29 is 9.18 Å². The number of hydrogen-bond donors (Lipinski definition) is 1. The first-order chi connectivity index (χ1) is 13.7. The number of aromatic nitrogens is 2. The quantitative estimate of drug-likeness (QED) is 0.803. The maximum atomic E-state index is 13.3. The lowest BCUT2D eigenvalue weighted by Crippen LogP contribution is -2.42. The number of nitrogens with zero attached hydrogens (tertiary/aromatic N) is 3. The highest BCUT2D eigenvalue weighted by Crippen LogP contribution is 2.29. The molecule has 156 valence electrons. The van der Waals surface area contributed by atoms with E-state index in [1.807, 2.05) is 13.1 Å². The molecule has 1 aromatic heterocycles. The highest BCUT2D eigenvalue weighted by atomic mass is 19.1. The van der Waals surface area contributed by atoms with Crippen molar-refractivity contribution in [1.29, 1.82) is 0 Å². The van der Waals surface area contributed by atoms with E-state index in [0.717, 1.165) is 42.9 Å². The van der Waals surface area contributed by atoms with Crippen molar-refractivity contribution in [2.24, 2.45) is 5.41 Å². The van der Waals surface area contributed by atoms with Gasteiger partial charge >= 0.3 is 0 Å². The summed E-state index contributed by atoms with van der Waals surface area (Å²) in [6.45, 7) is 10.3. The number of carbonyl (C=O) groups is 1. The molecule has 1 aromatic carbocycles. The molecular weight excluding hydrogens is 367 g/mol. The molecule has 2 aromatic rings. The number of amides is 1. The molecule has 1 atom stereocenters. The number of aryl methyl sites for hydroxylation is 1. The van der Waals surface area contributed by atoms with Gasteiger partial charge in [-0.3, -0.25) is 9.69 Å². The van der Waals surface area contributed by atoms with Crippen LogP contribution in [0.15, 0.2) is 30.5 Å². The summed E-state index contributed by atoms with van der Waals surface area (Å²) < 4.78 is 13.3. The first kappa shape index (κ1) is 21.4. The molecule has 1 N–H and O–H groups in total. The molecule has 0 saturated heterocycles. The Hall–Kier alpha value is -2.34. The van der Waals surface area contributed by atoms with E-state index in [0.29, 0.717) is 13.1 Å². The smallest absolute Gasteiger partial charge is 0.234 e. The summed E-state index contributed by atoms with van der Waals surface area (Å²) >= 11 is 0. The number of nitrogens with one attached hydrogen (secondary N) is 1. The van der Waals surface area contributed by atoms with Crippen LogP contribution in [0.2, 0.25) is 0 Å². The Bertz CT molecular complexity index is 845. The maximum Gasteiger partial charge on any atom is 0.234 e. The van der Waals surface area contributed by atoms with Crippen LogP contribution >= 0.6 is 0 Å². The Labute approximate surface area is 172 Å². The van der Waals surface area contributed by atoms with Crippen LogP contribution in [0, 0.1) is 11.2 Å². The molecule has 0 saturated carbocycles. The molecule has 0 bridgehead atoms.